The second kappa shape index (κ2) is 4.07. The third-order valence-electron chi connectivity index (χ3n) is 2.87. The largest absolute Gasteiger partial charge is 0.287 e. The SMILES string of the molecule is Cn1ccc(C(=O)c2cccc3cnccc23)n1. The monoisotopic (exact) mass is 237 g/mol. The van der Waals surface area contributed by atoms with Crippen molar-refractivity contribution in [1.29, 1.82) is 0 Å². The van der Waals surface area contributed by atoms with E-state index in [1.165, 1.54) is 0 Å². The molecule has 0 aliphatic carbocycles. The van der Waals surface area contributed by atoms with Gasteiger partial charge in [0, 0.05) is 36.6 Å². The summed E-state index contributed by atoms with van der Waals surface area (Å²) in [5.41, 5.74) is 1.12. The highest BCUT2D eigenvalue weighted by Gasteiger charge is 2.14. The number of pyridine rings is 1. The lowest BCUT2D eigenvalue weighted by Gasteiger charge is -2.03. The molecular formula is C14H11N3O. The molecule has 2 heterocycles. The van der Waals surface area contributed by atoms with Crippen molar-refractivity contribution in [1.82, 2.24) is 14.8 Å². The van der Waals surface area contributed by atoms with Crippen molar-refractivity contribution in [3.63, 3.8) is 0 Å². The average molecular weight is 237 g/mol. The first-order valence-electron chi connectivity index (χ1n) is 5.63. The smallest absolute Gasteiger partial charge is 0.213 e. The van der Waals surface area contributed by atoms with Gasteiger partial charge in [0.05, 0.1) is 0 Å². The molecule has 0 N–H and O–H groups in total. The number of aromatic nitrogens is 3. The van der Waals surface area contributed by atoms with Crippen LogP contribution in [0.1, 0.15) is 16.1 Å². The number of hydrogen-bond donors (Lipinski definition) is 0. The lowest BCUT2D eigenvalue weighted by molar-refractivity contribution is 0.103. The normalized spacial score (nSPS) is 10.7. The van der Waals surface area contributed by atoms with Gasteiger partial charge in [0.1, 0.15) is 5.69 Å². The van der Waals surface area contributed by atoms with Gasteiger partial charge in [0.2, 0.25) is 5.78 Å². The van der Waals surface area contributed by atoms with E-state index < -0.39 is 0 Å². The number of carbonyl (C=O) groups is 1. The standard InChI is InChI=1S/C14H11N3O/c1-17-8-6-13(16-17)14(18)12-4-2-3-10-9-15-7-5-11(10)12/h2-9H,1H3. The molecule has 0 amide bonds. The summed E-state index contributed by atoms with van der Waals surface area (Å²) in [6.07, 6.45) is 5.21. The number of benzene rings is 1. The Balaban J connectivity index is 2.17. The molecule has 3 aromatic rings. The molecule has 0 aliphatic rings. The van der Waals surface area contributed by atoms with Crippen LogP contribution < -0.4 is 0 Å². The first kappa shape index (κ1) is 10.7. The highest BCUT2D eigenvalue weighted by Crippen LogP contribution is 2.19. The molecule has 2 aromatic heterocycles. The van der Waals surface area contributed by atoms with E-state index in [0.29, 0.717) is 11.3 Å². The Labute approximate surface area is 104 Å². The fraction of sp³-hybridized carbons (Fsp3) is 0.0714. The molecular weight excluding hydrogens is 226 g/mol. The minimum Gasteiger partial charge on any atom is -0.287 e. The molecule has 4 heteroatoms. The van der Waals surface area contributed by atoms with Crippen LogP contribution in [-0.4, -0.2) is 20.5 Å². The number of rotatable bonds is 2. The molecule has 88 valence electrons. The van der Waals surface area contributed by atoms with E-state index in [1.807, 2.05) is 24.3 Å². The van der Waals surface area contributed by atoms with Crippen molar-refractivity contribution in [3.05, 3.63) is 60.2 Å². The average Bonchev–Trinajstić information content (AvgIpc) is 2.84. The van der Waals surface area contributed by atoms with Crippen molar-refractivity contribution >= 4 is 16.6 Å². The first-order valence-corrected chi connectivity index (χ1v) is 5.63. The molecule has 0 spiro atoms. The number of aryl methyl sites for hydroxylation is 1. The zero-order chi connectivity index (χ0) is 12.5. The van der Waals surface area contributed by atoms with Crippen LogP contribution in [0.25, 0.3) is 10.8 Å². The van der Waals surface area contributed by atoms with Crippen LogP contribution in [0.3, 0.4) is 0 Å². The molecule has 0 unspecified atom stereocenters. The summed E-state index contributed by atoms with van der Waals surface area (Å²) < 4.78 is 1.62. The highest BCUT2D eigenvalue weighted by atomic mass is 16.1. The zero-order valence-corrected chi connectivity index (χ0v) is 9.87. The maximum Gasteiger partial charge on any atom is 0.213 e. The lowest BCUT2D eigenvalue weighted by atomic mass is 10.0. The molecule has 0 radical (unpaired) electrons. The third-order valence-corrected chi connectivity index (χ3v) is 2.87. The van der Waals surface area contributed by atoms with E-state index in [9.17, 15) is 4.79 Å². The molecule has 3 rings (SSSR count). The second-order valence-corrected chi connectivity index (χ2v) is 4.11. The molecule has 0 saturated heterocycles. The van der Waals surface area contributed by atoms with E-state index in [4.69, 9.17) is 0 Å². The topological polar surface area (TPSA) is 47.8 Å². The summed E-state index contributed by atoms with van der Waals surface area (Å²) >= 11 is 0. The van der Waals surface area contributed by atoms with Gasteiger partial charge in [-0.25, -0.2) is 0 Å². The molecule has 0 fully saturated rings. The number of nitrogens with zero attached hydrogens (tertiary/aromatic N) is 3. The lowest BCUT2D eigenvalue weighted by Crippen LogP contribution is -2.04. The molecule has 0 atom stereocenters. The van der Waals surface area contributed by atoms with E-state index in [2.05, 4.69) is 10.1 Å². The van der Waals surface area contributed by atoms with Gasteiger partial charge in [-0.05, 0) is 17.5 Å². The first-order chi connectivity index (χ1) is 8.75. The highest BCUT2D eigenvalue weighted by molar-refractivity contribution is 6.15. The Hall–Kier alpha value is -2.49. The minimum atomic E-state index is -0.0626. The van der Waals surface area contributed by atoms with Gasteiger partial charge in [-0.15, -0.1) is 0 Å². The Morgan fingerprint density at radius 1 is 1.22 bits per heavy atom. The molecule has 0 bridgehead atoms. The van der Waals surface area contributed by atoms with Crippen LogP contribution in [0.2, 0.25) is 0 Å². The fourth-order valence-electron chi connectivity index (χ4n) is 1.99. The maximum absolute atomic E-state index is 12.4. The molecule has 0 aliphatic heterocycles. The Morgan fingerprint density at radius 3 is 2.89 bits per heavy atom. The van der Waals surface area contributed by atoms with Crippen molar-refractivity contribution in [2.24, 2.45) is 7.05 Å². The van der Waals surface area contributed by atoms with Crippen molar-refractivity contribution in [2.75, 3.05) is 0 Å². The third kappa shape index (κ3) is 1.68. The van der Waals surface area contributed by atoms with Gasteiger partial charge >= 0.3 is 0 Å². The number of carbonyl (C=O) groups excluding carboxylic acids is 1. The number of ketones is 1. The summed E-state index contributed by atoms with van der Waals surface area (Å²) in [4.78, 5) is 16.4. The van der Waals surface area contributed by atoms with Gasteiger partial charge < -0.3 is 0 Å². The summed E-state index contributed by atoms with van der Waals surface area (Å²) in [5, 5.41) is 6.01. The van der Waals surface area contributed by atoms with Crippen LogP contribution in [0.4, 0.5) is 0 Å². The van der Waals surface area contributed by atoms with Crippen LogP contribution >= 0.6 is 0 Å². The van der Waals surface area contributed by atoms with Crippen LogP contribution in [-0.2, 0) is 7.05 Å². The Morgan fingerprint density at radius 2 is 2.11 bits per heavy atom. The van der Waals surface area contributed by atoms with E-state index in [-0.39, 0.29) is 5.78 Å². The second-order valence-electron chi connectivity index (χ2n) is 4.11. The van der Waals surface area contributed by atoms with Crippen LogP contribution in [0, 0.1) is 0 Å². The van der Waals surface area contributed by atoms with Crippen molar-refractivity contribution in [3.8, 4) is 0 Å². The van der Waals surface area contributed by atoms with Crippen molar-refractivity contribution < 1.29 is 4.79 Å². The van der Waals surface area contributed by atoms with Gasteiger partial charge in [-0.3, -0.25) is 14.5 Å². The number of fused-ring (bicyclic) bond motifs is 1. The van der Waals surface area contributed by atoms with Crippen molar-refractivity contribution in [2.45, 2.75) is 0 Å². The van der Waals surface area contributed by atoms with E-state index in [0.717, 1.165) is 10.8 Å². The fourth-order valence-corrected chi connectivity index (χ4v) is 1.99. The Bertz CT molecular complexity index is 725. The predicted octanol–water partition coefficient (Wildman–Crippen LogP) is 2.20. The summed E-state index contributed by atoms with van der Waals surface area (Å²) in [6, 6.07) is 9.20. The van der Waals surface area contributed by atoms with Crippen LogP contribution in [0.5, 0.6) is 0 Å². The number of hydrogen-bond acceptors (Lipinski definition) is 3. The quantitative estimate of drug-likeness (QED) is 0.642. The van der Waals surface area contributed by atoms with Crippen LogP contribution in [0.15, 0.2) is 48.9 Å². The van der Waals surface area contributed by atoms with Gasteiger partial charge in [-0.1, -0.05) is 18.2 Å². The summed E-state index contributed by atoms with van der Waals surface area (Å²) in [5.74, 6) is -0.0626. The van der Waals surface area contributed by atoms with Gasteiger partial charge in [-0.2, -0.15) is 5.10 Å². The zero-order valence-electron chi connectivity index (χ0n) is 9.87. The molecule has 18 heavy (non-hydrogen) atoms. The summed E-state index contributed by atoms with van der Waals surface area (Å²) in [7, 11) is 1.80. The van der Waals surface area contributed by atoms with E-state index >= 15 is 0 Å². The maximum atomic E-state index is 12.4. The predicted molar refractivity (Wildman–Crippen MR) is 68.4 cm³/mol. The molecule has 4 nitrogen and oxygen atoms in total. The Kier molecular flexibility index (Phi) is 2.41. The summed E-state index contributed by atoms with van der Waals surface area (Å²) in [6.45, 7) is 0. The van der Waals surface area contributed by atoms with E-state index in [1.54, 1.807) is 36.4 Å². The minimum absolute atomic E-state index is 0.0626. The molecule has 1 aromatic carbocycles. The molecule has 0 saturated carbocycles. The van der Waals surface area contributed by atoms with Gasteiger partial charge in [0.25, 0.3) is 0 Å². The van der Waals surface area contributed by atoms with Gasteiger partial charge in [0.15, 0.2) is 0 Å².